The second-order valence-electron chi connectivity index (χ2n) is 5.02. The summed E-state index contributed by atoms with van der Waals surface area (Å²) in [6.07, 6.45) is 3.25. The fourth-order valence-electron chi connectivity index (χ4n) is 2.53. The van der Waals surface area contributed by atoms with E-state index in [4.69, 9.17) is 5.11 Å². The quantitative estimate of drug-likeness (QED) is 0.890. The van der Waals surface area contributed by atoms with Crippen LogP contribution in [0.25, 0.3) is 0 Å². The monoisotopic (exact) mass is 329 g/mol. The summed E-state index contributed by atoms with van der Waals surface area (Å²) < 4.78 is 14.4. The largest absolute Gasteiger partial charge is 0.481 e. The van der Waals surface area contributed by atoms with Gasteiger partial charge >= 0.3 is 5.97 Å². The minimum Gasteiger partial charge on any atom is -0.481 e. The molecule has 1 fully saturated rings. The first-order chi connectivity index (χ1) is 9.06. The normalized spacial score (nSPS) is 23.3. The van der Waals surface area contributed by atoms with Crippen molar-refractivity contribution in [3.05, 3.63) is 34.1 Å². The first-order valence-corrected chi connectivity index (χ1v) is 7.25. The van der Waals surface area contributed by atoms with E-state index in [9.17, 15) is 9.18 Å². The highest BCUT2D eigenvalue weighted by Gasteiger charge is 2.26. The molecule has 0 spiro atoms. The van der Waals surface area contributed by atoms with Gasteiger partial charge in [0.1, 0.15) is 5.82 Å². The summed E-state index contributed by atoms with van der Waals surface area (Å²) in [7, 11) is 0. The molecule has 2 N–H and O–H groups in total. The van der Waals surface area contributed by atoms with Gasteiger partial charge in [0.25, 0.3) is 0 Å². The molecular weight excluding hydrogens is 313 g/mol. The number of aliphatic carboxylic acids is 1. The fourth-order valence-corrected chi connectivity index (χ4v) is 2.94. The van der Waals surface area contributed by atoms with E-state index in [-0.39, 0.29) is 17.8 Å². The van der Waals surface area contributed by atoms with Gasteiger partial charge in [0.05, 0.1) is 5.92 Å². The van der Waals surface area contributed by atoms with Gasteiger partial charge in [-0.15, -0.1) is 0 Å². The van der Waals surface area contributed by atoms with E-state index in [0.29, 0.717) is 18.5 Å². The number of rotatable bonds is 4. The predicted octanol–water partition coefficient (Wildman–Crippen LogP) is 3.32. The Bertz CT molecular complexity index is 467. The maximum atomic E-state index is 13.6. The highest BCUT2D eigenvalue weighted by atomic mass is 79.9. The number of hydrogen-bond acceptors (Lipinski definition) is 2. The Labute approximate surface area is 120 Å². The van der Waals surface area contributed by atoms with E-state index in [0.717, 1.165) is 23.7 Å². The SMILES string of the molecule is O=C(O)C1CCCC(NCc2cc(Br)ccc2F)C1. The second kappa shape index (κ2) is 6.48. The number of hydrogen-bond donors (Lipinski definition) is 2. The highest BCUT2D eigenvalue weighted by molar-refractivity contribution is 9.10. The minimum atomic E-state index is -0.722. The fraction of sp³-hybridized carbons (Fsp3) is 0.500. The molecule has 2 atom stereocenters. The van der Waals surface area contributed by atoms with Crippen LogP contribution in [-0.2, 0) is 11.3 Å². The van der Waals surface area contributed by atoms with Crippen LogP contribution < -0.4 is 5.32 Å². The molecule has 1 aromatic rings. The average molecular weight is 330 g/mol. The predicted molar refractivity (Wildman–Crippen MR) is 74.3 cm³/mol. The van der Waals surface area contributed by atoms with Crippen molar-refractivity contribution in [2.45, 2.75) is 38.3 Å². The number of halogens is 2. The third-order valence-corrected chi connectivity index (χ3v) is 4.11. The van der Waals surface area contributed by atoms with Gasteiger partial charge in [-0.2, -0.15) is 0 Å². The lowest BCUT2D eigenvalue weighted by Crippen LogP contribution is -2.36. The molecule has 19 heavy (non-hydrogen) atoms. The molecule has 3 nitrogen and oxygen atoms in total. The topological polar surface area (TPSA) is 49.3 Å². The maximum Gasteiger partial charge on any atom is 0.306 e. The Morgan fingerprint density at radius 1 is 1.47 bits per heavy atom. The molecule has 0 bridgehead atoms. The molecule has 0 heterocycles. The zero-order valence-electron chi connectivity index (χ0n) is 10.5. The molecule has 2 rings (SSSR count). The van der Waals surface area contributed by atoms with Crippen molar-refractivity contribution < 1.29 is 14.3 Å². The smallest absolute Gasteiger partial charge is 0.306 e. The first kappa shape index (κ1) is 14.5. The summed E-state index contributed by atoms with van der Waals surface area (Å²) in [6.45, 7) is 0.433. The Hall–Kier alpha value is -0.940. The van der Waals surface area contributed by atoms with Crippen LogP contribution in [0.15, 0.2) is 22.7 Å². The number of carboxylic acids is 1. The minimum absolute atomic E-state index is 0.160. The average Bonchev–Trinajstić information content (AvgIpc) is 2.40. The lowest BCUT2D eigenvalue weighted by atomic mass is 9.86. The molecule has 1 aromatic carbocycles. The third-order valence-electron chi connectivity index (χ3n) is 3.61. The van der Waals surface area contributed by atoms with Crippen LogP contribution in [0.4, 0.5) is 4.39 Å². The first-order valence-electron chi connectivity index (χ1n) is 6.46. The van der Waals surface area contributed by atoms with Crippen LogP contribution in [0.5, 0.6) is 0 Å². The maximum absolute atomic E-state index is 13.6. The van der Waals surface area contributed by atoms with Gasteiger partial charge < -0.3 is 10.4 Å². The lowest BCUT2D eigenvalue weighted by Gasteiger charge is -2.27. The van der Waals surface area contributed by atoms with Gasteiger partial charge in [-0.05, 0) is 37.5 Å². The molecular formula is C14H17BrFNO2. The molecule has 0 aromatic heterocycles. The van der Waals surface area contributed by atoms with Gasteiger partial charge in [0.15, 0.2) is 0 Å². The van der Waals surface area contributed by atoms with Crippen molar-refractivity contribution in [2.24, 2.45) is 5.92 Å². The van der Waals surface area contributed by atoms with Crippen LogP contribution in [0, 0.1) is 11.7 Å². The van der Waals surface area contributed by atoms with Crippen molar-refractivity contribution in [3.63, 3.8) is 0 Å². The zero-order valence-corrected chi connectivity index (χ0v) is 12.1. The standard InChI is InChI=1S/C14H17BrFNO2/c15-11-4-5-13(16)10(6-11)8-17-12-3-1-2-9(7-12)14(18)19/h4-6,9,12,17H,1-3,7-8H2,(H,18,19). The number of carboxylic acid groups (broad SMARTS) is 1. The van der Waals surface area contributed by atoms with Crippen LogP contribution in [0.1, 0.15) is 31.2 Å². The van der Waals surface area contributed by atoms with Gasteiger partial charge in [0.2, 0.25) is 0 Å². The van der Waals surface area contributed by atoms with E-state index in [1.165, 1.54) is 6.07 Å². The summed E-state index contributed by atoms with van der Waals surface area (Å²) in [4.78, 5) is 11.0. The molecule has 104 valence electrons. The summed E-state index contributed by atoms with van der Waals surface area (Å²) in [5.41, 5.74) is 0.604. The number of benzene rings is 1. The van der Waals surface area contributed by atoms with Crippen LogP contribution >= 0.6 is 15.9 Å². The number of carbonyl (C=O) groups is 1. The van der Waals surface area contributed by atoms with Crippen LogP contribution in [0.3, 0.4) is 0 Å². The molecule has 5 heteroatoms. The van der Waals surface area contributed by atoms with Crippen molar-refractivity contribution in [1.82, 2.24) is 5.32 Å². The van der Waals surface area contributed by atoms with E-state index in [1.54, 1.807) is 12.1 Å². The Morgan fingerprint density at radius 2 is 2.26 bits per heavy atom. The van der Waals surface area contributed by atoms with Crippen molar-refractivity contribution in [3.8, 4) is 0 Å². The zero-order chi connectivity index (χ0) is 13.8. The van der Waals surface area contributed by atoms with Crippen molar-refractivity contribution in [1.29, 1.82) is 0 Å². The van der Waals surface area contributed by atoms with Gasteiger partial charge in [-0.25, -0.2) is 4.39 Å². The van der Waals surface area contributed by atoms with E-state index in [1.807, 2.05) is 0 Å². The summed E-state index contributed by atoms with van der Waals surface area (Å²) in [6, 6.07) is 5.01. The summed E-state index contributed by atoms with van der Waals surface area (Å²) in [5.74, 6) is -1.22. The molecule has 0 saturated heterocycles. The second-order valence-corrected chi connectivity index (χ2v) is 5.93. The molecule has 0 aliphatic heterocycles. The van der Waals surface area contributed by atoms with Crippen molar-refractivity contribution in [2.75, 3.05) is 0 Å². The highest BCUT2D eigenvalue weighted by Crippen LogP contribution is 2.25. The molecule has 2 unspecified atom stereocenters. The van der Waals surface area contributed by atoms with Crippen LogP contribution in [-0.4, -0.2) is 17.1 Å². The Balaban J connectivity index is 1.91. The van der Waals surface area contributed by atoms with Gasteiger partial charge in [-0.3, -0.25) is 4.79 Å². The van der Waals surface area contributed by atoms with Crippen molar-refractivity contribution >= 4 is 21.9 Å². The molecule has 1 aliphatic rings. The summed E-state index contributed by atoms with van der Waals surface area (Å²) >= 11 is 3.32. The van der Waals surface area contributed by atoms with Gasteiger partial charge in [0, 0.05) is 22.6 Å². The summed E-state index contributed by atoms with van der Waals surface area (Å²) in [5, 5.41) is 12.3. The molecule has 1 saturated carbocycles. The number of nitrogens with one attached hydrogen (secondary N) is 1. The molecule has 1 aliphatic carbocycles. The van der Waals surface area contributed by atoms with E-state index >= 15 is 0 Å². The lowest BCUT2D eigenvalue weighted by molar-refractivity contribution is -0.143. The Morgan fingerprint density at radius 3 is 3.00 bits per heavy atom. The van der Waals surface area contributed by atoms with E-state index in [2.05, 4.69) is 21.2 Å². The van der Waals surface area contributed by atoms with Crippen LogP contribution in [0.2, 0.25) is 0 Å². The van der Waals surface area contributed by atoms with Gasteiger partial charge in [-0.1, -0.05) is 22.4 Å². The van der Waals surface area contributed by atoms with E-state index < -0.39 is 5.97 Å². The molecule has 0 amide bonds. The molecule has 0 radical (unpaired) electrons. The third kappa shape index (κ3) is 4.01. The Kier molecular flexibility index (Phi) is 4.93.